The summed E-state index contributed by atoms with van der Waals surface area (Å²) in [6.07, 6.45) is -1.53. The van der Waals surface area contributed by atoms with Crippen LogP contribution in [0.4, 0.5) is 17.6 Å². The van der Waals surface area contributed by atoms with E-state index in [0.717, 1.165) is 12.3 Å². The predicted octanol–water partition coefficient (Wildman–Crippen LogP) is 3.39. The van der Waals surface area contributed by atoms with Gasteiger partial charge in [0.15, 0.2) is 6.26 Å². The quantitative estimate of drug-likeness (QED) is 0.598. The second kappa shape index (κ2) is 2.73. The molecule has 0 amide bonds. The van der Waals surface area contributed by atoms with Gasteiger partial charge in [0, 0.05) is 5.39 Å². The number of hydrogen-bond acceptors (Lipinski definition) is 1. The minimum absolute atomic E-state index is 0.190. The van der Waals surface area contributed by atoms with E-state index in [4.69, 9.17) is 0 Å². The van der Waals surface area contributed by atoms with Crippen LogP contribution in [0.5, 0.6) is 0 Å². The molecule has 0 saturated heterocycles. The zero-order valence-corrected chi connectivity index (χ0v) is 6.65. The highest BCUT2D eigenvalue weighted by Gasteiger charge is 2.34. The number of halogens is 4. The second-order valence-electron chi connectivity index (χ2n) is 2.72. The lowest BCUT2D eigenvalue weighted by Gasteiger charge is -2.07. The van der Waals surface area contributed by atoms with Gasteiger partial charge < -0.3 is 4.42 Å². The van der Waals surface area contributed by atoms with Crippen molar-refractivity contribution in [1.29, 1.82) is 0 Å². The first-order chi connectivity index (χ1) is 6.50. The molecule has 1 heterocycles. The lowest BCUT2D eigenvalue weighted by molar-refractivity contribution is -0.139. The Hall–Kier alpha value is -1.52. The monoisotopic (exact) mass is 203 g/mol. The van der Waals surface area contributed by atoms with Gasteiger partial charge in [0.05, 0.1) is 10.9 Å². The molecule has 0 aliphatic heterocycles. The minimum atomic E-state index is -4.68. The number of benzene rings is 1. The number of furan rings is 1. The summed E-state index contributed by atoms with van der Waals surface area (Å²) >= 11 is 0. The van der Waals surface area contributed by atoms with Crippen LogP contribution in [0.3, 0.4) is 0 Å². The summed E-state index contributed by atoms with van der Waals surface area (Å²) in [6, 6.07) is 1.79. The summed E-state index contributed by atoms with van der Waals surface area (Å²) in [5.41, 5.74) is -1.29. The summed E-state index contributed by atoms with van der Waals surface area (Å²) in [4.78, 5) is 0. The number of fused-ring (bicyclic) bond motifs is 1. The highest BCUT2D eigenvalue weighted by Crippen LogP contribution is 2.34. The Kier molecular flexibility index (Phi) is 1.77. The Bertz CT molecular complexity index is 469. The van der Waals surface area contributed by atoms with Gasteiger partial charge in [0.2, 0.25) is 0 Å². The van der Waals surface area contributed by atoms with Crippen LogP contribution in [-0.2, 0) is 6.18 Å². The summed E-state index contributed by atoms with van der Waals surface area (Å²) in [5.74, 6) is -1.32. The van der Waals surface area contributed by atoms with E-state index in [1.54, 1.807) is 0 Å². The van der Waals surface area contributed by atoms with Crippen LogP contribution >= 0.6 is 0 Å². The molecule has 2 aromatic rings. The van der Waals surface area contributed by atoms with E-state index < -0.39 is 17.6 Å². The first-order valence-corrected chi connectivity index (χ1v) is 3.65. The largest absolute Gasteiger partial charge is 0.460 e. The van der Waals surface area contributed by atoms with E-state index in [-0.39, 0.29) is 10.8 Å². The third-order valence-corrected chi connectivity index (χ3v) is 1.83. The van der Waals surface area contributed by atoms with Gasteiger partial charge in [-0.1, -0.05) is 0 Å². The molecule has 2 rings (SSSR count). The molecule has 1 radical (unpaired) electrons. The maximum absolute atomic E-state index is 13.2. The van der Waals surface area contributed by atoms with Crippen LogP contribution in [0.15, 0.2) is 22.8 Å². The Labute approximate surface area is 75.9 Å². The predicted molar refractivity (Wildman–Crippen MR) is 40.0 cm³/mol. The number of alkyl halides is 3. The normalized spacial score (nSPS) is 12.3. The molecule has 1 nitrogen and oxygen atoms in total. The molecule has 0 saturated carbocycles. The third kappa shape index (κ3) is 1.25. The molecule has 14 heavy (non-hydrogen) atoms. The molecule has 0 atom stereocenters. The van der Waals surface area contributed by atoms with Gasteiger partial charge in [-0.2, -0.15) is 13.2 Å². The van der Waals surface area contributed by atoms with Crippen LogP contribution in [0.2, 0.25) is 0 Å². The van der Waals surface area contributed by atoms with Crippen LogP contribution in [-0.4, -0.2) is 0 Å². The lowest BCUT2D eigenvalue weighted by atomic mass is 10.1. The molecule has 0 fully saturated rings. The van der Waals surface area contributed by atoms with Gasteiger partial charge >= 0.3 is 6.18 Å². The van der Waals surface area contributed by atoms with Gasteiger partial charge in [-0.05, 0) is 12.1 Å². The molecule has 73 valence electrons. The van der Waals surface area contributed by atoms with Crippen LogP contribution in [0, 0.1) is 12.1 Å². The molecule has 1 aromatic heterocycles. The van der Waals surface area contributed by atoms with Crippen molar-refractivity contribution < 1.29 is 22.0 Å². The van der Waals surface area contributed by atoms with Crippen LogP contribution in [0.1, 0.15) is 5.56 Å². The summed E-state index contributed by atoms with van der Waals surface area (Å²) in [7, 11) is 0. The van der Waals surface area contributed by atoms with Crippen molar-refractivity contribution in [1.82, 2.24) is 0 Å². The molecule has 0 unspecified atom stereocenters. The average Bonchev–Trinajstić information content (AvgIpc) is 2.50. The molecular formula is C9H3F4O. The standard InChI is InChI=1S/C9H3F4O/c10-8-6-4-14-3-5(6)1-2-7(8)9(11,12)13/h1-2,4H. The molecule has 0 aliphatic carbocycles. The fourth-order valence-corrected chi connectivity index (χ4v) is 1.17. The molecule has 0 bridgehead atoms. The van der Waals surface area contributed by atoms with Crippen molar-refractivity contribution in [2.75, 3.05) is 0 Å². The zero-order chi connectivity index (χ0) is 10.3. The van der Waals surface area contributed by atoms with Crippen molar-refractivity contribution >= 4 is 10.8 Å². The smallest absolute Gasteiger partial charge is 0.419 e. The highest BCUT2D eigenvalue weighted by molar-refractivity contribution is 5.82. The van der Waals surface area contributed by atoms with E-state index in [0.29, 0.717) is 6.07 Å². The summed E-state index contributed by atoms with van der Waals surface area (Å²) in [5, 5.41) is -0.0182. The van der Waals surface area contributed by atoms with Gasteiger partial charge in [-0.25, -0.2) is 4.39 Å². The molecule has 0 aliphatic rings. The van der Waals surface area contributed by atoms with E-state index in [1.165, 1.54) is 0 Å². The van der Waals surface area contributed by atoms with Gasteiger partial charge in [0.1, 0.15) is 12.1 Å². The van der Waals surface area contributed by atoms with Gasteiger partial charge in [0.25, 0.3) is 0 Å². The zero-order valence-electron chi connectivity index (χ0n) is 6.65. The Balaban J connectivity index is 2.74. The molecule has 1 aromatic carbocycles. The van der Waals surface area contributed by atoms with E-state index in [2.05, 4.69) is 10.7 Å². The fourth-order valence-electron chi connectivity index (χ4n) is 1.17. The number of rotatable bonds is 0. The van der Waals surface area contributed by atoms with Gasteiger partial charge in [-0.3, -0.25) is 0 Å². The van der Waals surface area contributed by atoms with Crippen LogP contribution < -0.4 is 0 Å². The Morgan fingerprint density at radius 2 is 1.93 bits per heavy atom. The Morgan fingerprint density at radius 3 is 2.57 bits per heavy atom. The lowest BCUT2D eigenvalue weighted by Crippen LogP contribution is -2.07. The topological polar surface area (TPSA) is 13.1 Å². The second-order valence-corrected chi connectivity index (χ2v) is 2.72. The number of hydrogen-bond donors (Lipinski definition) is 0. The maximum atomic E-state index is 13.2. The van der Waals surface area contributed by atoms with Crippen molar-refractivity contribution in [2.24, 2.45) is 0 Å². The molecule has 0 N–H and O–H groups in total. The molecular weight excluding hydrogens is 200 g/mol. The van der Waals surface area contributed by atoms with Crippen molar-refractivity contribution in [3.05, 3.63) is 36.0 Å². The summed E-state index contributed by atoms with van der Waals surface area (Å²) in [6.45, 7) is 0. The highest BCUT2D eigenvalue weighted by atomic mass is 19.4. The fraction of sp³-hybridized carbons (Fsp3) is 0.111. The van der Waals surface area contributed by atoms with Crippen molar-refractivity contribution in [3.8, 4) is 0 Å². The van der Waals surface area contributed by atoms with Crippen molar-refractivity contribution in [3.63, 3.8) is 0 Å². The third-order valence-electron chi connectivity index (χ3n) is 1.83. The van der Waals surface area contributed by atoms with E-state index in [1.807, 2.05) is 0 Å². The Morgan fingerprint density at radius 1 is 1.21 bits per heavy atom. The maximum Gasteiger partial charge on any atom is 0.419 e. The molecule has 5 heteroatoms. The molecule has 0 spiro atoms. The SMILES string of the molecule is Fc1c(C(F)(F)F)ccc2[c]occ12. The van der Waals surface area contributed by atoms with E-state index in [9.17, 15) is 17.6 Å². The first kappa shape index (κ1) is 9.05. The average molecular weight is 203 g/mol. The first-order valence-electron chi connectivity index (χ1n) is 3.65. The van der Waals surface area contributed by atoms with Crippen LogP contribution in [0.25, 0.3) is 10.8 Å². The van der Waals surface area contributed by atoms with Gasteiger partial charge in [-0.15, -0.1) is 0 Å². The minimum Gasteiger partial charge on any atom is -0.460 e. The van der Waals surface area contributed by atoms with E-state index >= 15 is 0 Å². The van der Waals surface area contributed by atoms with Crippen molar-refractivity contribution in [2.45, 2.75) is 6.18 Å². The summed E-state index contributed by atoms with van der Waals surface area (Å²) < 4.78 is 54.3.